The Hall–Kier alpha value is -1.96. The van der Waals surface area contributed by atoms with Crippen molar-refractivity contribution in [3.8, 4) is 0 Å². The van der Waals surface area contributed by atoms with Gasteiger partial charge in [-0.1, -0.05) is 0 Å². The van der Waals surface area contributed by atoms with Gasteiger partial charge in [-0.05, 0) is 23.3 Å². The highest BCUT2D eigenvalue weighted by molar-refractivity contribution is 5.75. The van der Waals surface area contributed by atoms with Crippen molar-refractivity contribution in [3.05, 3.63) is 22.1 Å². The van der Waals surface area contributed by atoms with Crippen LogP contribution in [0.3, 0.4) is 0 Å². The number of nitrogens with one attached hydrogen (secondary N) is 1. The number of aromatic nitrogens is 2. The Bertz CT molecular complexity index is 456. The van der Waals surface area contributed by atoms with E-state index in [1.807, 2.05) is 0 Å². The van der Waals surface area contributed by atoms with Gasteiger partial charge in [-0.15, -0.1) is 0 Å². The highest BCUT2D eigenvalue weighted by Crippen LogP contribution is 2.10. The molecule has 1 atom stereocenters. The predicted molar refractivity (Wildman–Crippen MR) is 67.5 cm³/mol. The van der Waals surface area contributed by atoms with Gasteiger partial charge in [0, 0.05) is 26.4 Å². The molecule has 106 valence electrons. The predicted octanol–water partition coefficient (Wildman–Crippen LogP) is 0.377. The zero-order chi connectivity index (χ0) is 14.4. The van der Waals surface area contributed by atoms with Crippen LogP contribution in [0.5, 0.6) is 0 Å². The number of hydrogen-bond donors (Lipinski definition) is 2. The number of amides is 1. The molecule has 1 amide bonds. The highest BCUT2D eigenvalue weighted by atomic mass is 16.6. The normalized spacial score (nSPS) is 12.2. The van der Waals surface area contributed by atoms with Gasteiger partial charge < -0.3 is 25.1 Å². The number of imidazole rings is 1. The fraction of sp³-hybridized carbons (Fsp3) is 0.636. The number of aliphatic hydroxyl groups is 1. The molecule has 8 heteroatoms. The van der Waals surface area contributed by atoms with Crippen LogP contribution in [0, 0.1) is 17.0 Å². The van der Waals surface area contributed by atoms with Crippen molar-refractivity contribution in [2.45, 2.75) is 39.3 Å². The third-order valence-corrected chi connectivity index (χ3v) is 2.61. The standard InChI is InChI=1S/C11H18N4O4/c1-8(16)3-5-12-11(17)4-6-14-7-10(15(18)19)13-9(14)2/h7-8,16H,3-6H2,1-2H3,(H,12,17). The molecule has 0 saturated heterocycles. The summed E-state index contributed by atoms with van der Waals surface area (Å²) in [5.74, 6) is 0.131. The molecule has 1 rings (SSSR count). The second kappa shape index (κ2) is 6.83. The maximum Gasteiger partial charge on any atom is 0.381 e. The summed E-state index contributed by atoms with van der Waals surface area (Å²) in [6.07, 6.45) is 1.59. The zero-order valence-corrected chi connectivity index (χ0v) is 11.0. The molecule has 0 spiro atoms. The molecule has 0 saturated carbocycles. The summed E-state index contributed by atoms with van der Waals surface area (Å²) >= 11 is 0. The molecule has 0 fully saturated rings. The van der Waals surface area contributed by atoms with E-state index in [-0.39, 0.29) is 18.1 Å². The van der Waals surface area contributed by atoms with Gasteiger partial charge >= 0.3 is 5.82 Å². The second-order valence-corrected chi connectivity index (χ2v) is 4.33. The number of nitro groups is 1. The molecule has 0 radical (unpaired) electrons. The zero-order valence-electron chi connectivity index (χ0n) is 11.0. The van der Waals surface area contributed by atoms with Gasteiger partial charge in [-0.25, -0.2) is 0 Å². The third-order valence-electron chi connectivity index (χ3n) is 2.61. The maximum absolute atomic E-state index is 11.5. The number of hydrogen-bond acceptors (Lipinski definition) is 5. The van der Waals surface area contributed by atoms with Gasteiger partial charge in [0.2, 0.25) is 11.7 Å². The van der Waals surface area contributed by atoms with E-state index in [0.717, 1.165) is 0 Å². The fourth-order valence-electron chi connectivity index (χ4n) is 1.54. The van der Waals surface area contributed by atoms with Crippen LogP contribution in [0.25, 0.3) is 0 Å². The number of rotatable bonds is 7. The Labute approximate surface area is 110 Å². The van der Waals surface area contributed by atoms with E-state index in [0.29, 0.717) is 25.3 Å². The molecule has 0 aliphatic rings. The Morgan fingerprint density at radius 2 is 2.37 bits per heavy atom. The van der Waals surface area contributed by atoms with Gasteiger partial charge in [0.25, 0.3) is 0 Å². The van der Waals surface area contributed by atoms with Crippen molar-refractivity contribution < 1.29 is 14.8 Å². The van der Waals surface area contributed by atoms with E-state index in [1.165, 1.54) is 6.20 Å². The Kier molecular flexibility index (Phi) is 5.43. The van der Waals surface area contributed by atoms with Crippen molar-refractivity contribution in [3.63, 3.8) is 0 Å². The molecule has 1 aromatic heterocycles. The summed E-state index contributed by atoms with van der Waals surface area (Å²) in [6.45, 7) is 4.06. The summed E-state index contributed by atoms with van der Waals surface area (Å²) in [4.78, 5) is 25.2. The first kappa shape index (κ1) is 15.1. The minimum atomic E-state index is -0.563. The number of carbonyl (C=O) groups excluding carboxylic acids is 1. The van der Waals surface area contributed by atoms with E-state index in [1.54, 1.807) is 18.4 Å². The molecule has 8 nitrogen and oxygen atoms in total. The smallest absolute Gasteiger partial charge is 0.381 e. The van der Waals surface area contributed by atoms with Crippen LogP contribution in [0.2, 0.25) is 0 Å². The SMILES string of the molecule is Cc1nc([N+](=O)[O-])cn1CCC(=O)NCCC(C)O. The first-order valence-corrected chi connectivity index (χ1v) is 6.03. The lowest BCUT2D eigenvalue weighted by molar-refractivity contribution is -0.389. The second-order valence-electron chi connectivity index (χ2n) is 4.33. The largest absolute Gasteiger partial charge is 0.393 e. The Balaban J connectivity index is 2.39. The summed E-state index contributed by atoms with van der Waals surface area (Å²) in [5, 5.41) is 22.2. The van der Waals surface area contributed by atoms with Crippen molar-refractivity contribution in [2.24, 2.45) is 0 Å². The maximum atomic E-state index is 11.5. The van der Waals surface area contributed by atoms with Gasteiger partial charge in [0.05, 0.1) is 6.10 Å². The van der Waals surface area contributed by atoms with E-state index in [4.69, 9.17) is 5.11 Å². The first-order valence-electron chi connectivity index (χ1n) is 6.03. The van der Waals surface area contributed by atoms with E-state index < -0.39 is 11.0 Å². The lowest BCUT2D eigenvalue weighted by Crippen LogP contribution is -2.27. The number of carbonyl (C=O) groups is 1. The van der Waals surface area contributed by atoms with Gasteiger partial charge in [0.15, 0.2) is 0 Å². The van der Waals surface area contributed by atoms with Crippen molar-refractivity contribution >= 4 is 11.7 Å². The van der Waals surface area contributed by atoms with E-state index >= 15 is 0 Å². The van der Waals surface area contributed by atoms with Gasteiger partial charge in [0.1, 0.15) is 6.20 Å². The van der Waals surface area contributed by atoms with E-state index in [2.05, 4.69) is 10.3 Å². The number of aliphatic hydroxyl groups excluding tert-OH is 1. The molecule has 19 heavy (non-hydrogen) atoms. The molecule has 1 heterocycles. The third kappa shape index (κ3) is 5.04. The molecular weight excluding hydrogens is 252 g/mol. The van der Waals surface area contributed by atoms with Crippen molar-refractivity contribution in [2.75, 3.05) is 6.54 Å². The molecule has 1 unspecified atom stereocenters. The fourth-order valence-corrected chi connectivity index (χ4v) is 1.54. The van der Waals surface area contributed by atoms with E-state index in [9.17, 15) is 14.9 Å². The summed E-state index contributed by atoms with van der Waals surface area (Å²) < 4.78 is 1.58. The molecule has 2 N–H and O–H groups in total. The Morgan fingerprint density at radius 1 is 1.68 bits per heavy atom. The van der Waals surface area contributed by atoms with Crippen LogP contribution < -0.4 is 5.32 Å². The van der Waals surface area contributed by atoms with Gasteiger partial charge in [-0.3, -0.25) is 4.79 Å². The molecule has 0 aliphatic heterocycles. The minimum Gasteiger partial charge on any atom is -0.393 e. The molecule has 0 aromatic carbocycles. The lowest BCUT2D eigenvalue weighted by atomic mass is 10.3. The van der Waals surface area contributed by atoms with Crippen LogP contribution in [-0.4, -0.2) is 38.1 Å². The number of aryl methyl sites for hydroxylation is 2. The Morgan fingerprint density at radius 3 is 2.89 bits per heavy atom. The summed E-state index contributed by atoms with van der Waals surface area (Å²) in [5.41, 5.74) is 0. The average Bonchev–Trinajstić information content (AvgIpc) is 2.68. The monoisotopic (exact) mass is 270 g/mol. The lowest BCUT2D eigenvalue weighted by Gasteiger charge is -2.07. The van der Waals surface area contributed by atoms with Gasteiger partial charge in [-0.2, -0.15) is 0 Å². The molecule has 0 aliphatic carbocycles. The molecule has 0 bridgehead atoms. The quantitative estimate of drug-likeness (QED) is 0.549. The minimum absolute atomic E-state index is 0.156. The van der Waals surface area contributed by atoms with Crippen molar-refractivity contribution in [1.82, 2.24) is 14.9 Å². The molecule has 1 aromatic rings. The summed E-state index contributed by atoms with van der Waals surface area (Å²) in [6, 6.07) is 0. The van der Waals surface area contributed by atoms with Crippen LogP contribution >= 0.6 is 0 Å². The summed E-state index contributed by atoms with van der Waals surface area (Å²) in [7, 11) is 0. The average molecular weight is 270 g/mol. The highest BCUT2D eigenvalue weighted by Gasteiger charge is 2.15. The van der Waals surface area contributed by atoms with Crippen LogP contribution in [0.1, 0.15) is 25.6 Å². The first-order chi connectivity index (χ1) is 8.90. The van der Waals surface area contributed by atoms with Crippen LogP contribution in [0.15, 0.2) is 6.20 Å². The molecular formula is C11H18N4O4. The van der Waals surface area contributed by atoms with Crippen LogP contribution in [0.4, 0.5) is 5.82 Å². The topological polar surface area (TPSA) is 110 Å². The van der Waals surface area contributed by atoms with Crippen molar-refractivity contribution in [1.29, 1.82) is 0 Å². The van der Waals surface area contributed by atoms with Crippen LogP contribution in [-0.2, 0) is 11.3 Å². The number of nitrogens with zero attached hydrogens (tertiary/aromatic N) is 3.